The van der Waals surface area contributed by atoms with E-state index in [0.29, 0.717) is 36.9 Å². The minimum atomic E-state index is -3.75. The van der Waals surface area contributed by atoms with Gasteiger partial charge in [-0.05, 0) is 31.2 Å². The van der Waals surface area contributed by atoms with Crippen LogP contribution >= 0.6 is 0 Å². The summed E-state index contributed by atoms with van der Waals surface area (Å²) < 4.78 is 28.0. The van der Waals surface area contributed by atoms with Crippen LogP contribution in [0.2, 0.25) is 0 Å². The number of carbonyl (C=O) groups is 1. The number of primary sulfonamides is 1. The molecule has 0 bridgehead atoms. The normalized spacial score (nSPS) is 15.4. The fraction of sp³-hybridized carbons (Fsp3) is 0.348. The maximum absolute atomic E-state index is 12.3. The second-order valence-electron chi connectivity index (χ2n) is 8.36. The summed E-state index contributed by atoms with van der Waals surface area (Å²) >= 11 is 0. The lowest BCUT2D eigenvalue weighted by Crippen LogP contribution is -2.46. The fourth-order valence-electron chi connectivity index (χ4n) is 3.71. The molecule has 34 heavy (non-hydrogen) atoms. The molecule has 1 amide bonds. The molecule has 11 heteroatoms. The molecule has 1 aromatic heterocycles. The molecule has 4 rings (SSSR count). The lowest BCUT2D eigenvalue weighted by Gasteiger charge is -2.33. The molecule has 1 aliphatic rings. The minimum Gasteiger partial charge on any atom is -0.338 e. The SMILES string of the molecule is Cc1ccc(-c2noc(CN3CCN(CCC(=O)Nc4ccc(S(N)(=O)=O)cc4)CC3)n2)cc1. The largest absolute Gasteiger partial charge is 0.338 e. The third kappa shape index (κ3) is 6.48. The van der Waals surface area contributed by atoms with Crippen LogP contribution in [0.3, 0.4) is 0 Å². The molecular formula is C23H28N6O4S. The number of aryl methyl sites for hydroxylation is 1. The zero-order valence-corrected chi connectivity index (χ0v) is 19.8. The van der Waals surface area contributed by atoms with Crippen molar-refractivity contribution in [2.45, 2.75) is 24.8 Å². The summed E-state index contributed by atoms with van der Waals surface area (Å²) in [5.74, 6) is 1.07. The molecule has 3 aromatic rings. The Morgan fingerprint density at radius 1 is 1.03 bits per heavy atom. The molecular weight excluding hydrogens is 456 g/mol. The van der Waals surface area contributed by atoms with Crippen molar-refractivity contribution in [3.63, 3.8) is 0 Å². The number of hydrogen-bond acceptors (Lipinski definition) is 8. The van der Waals surface area contributed by atoms with E-state index in [1.54, 1.807) is 0 Å². The molecule has 0 radical (unpaired) electrons. The predicted molar refractivity (Wildman–Crippen MR) is 127 cm³/mol. The molecule has 0 atom stereocenters. The molecule has 1 aliphatic heterocycles. The van der Waals surface area contributed by atoms with Crippen molar-refractivity contribution in [2.75, 3.05) is 38.0 Å². The molecule has 3 N–H and O–H groups in total. The summed E-state index contributed by atoms with van der Waals surface area (Å²) in [5.41, 5.74) is 2.65. The fourth-order valence-corrected chi connectivity index (χ4v) is 4.23. The molecule has 2 aromatic carbocycles. The van der Waals surface area contributed by atoms with E-state index in [1.165, 1.54) is 29.8 Å². The first-order valence-electron chi connectivity index (χ1n) is 11.0. The quantitative estimate of drug-likeness (QED) is 0.495. The Hall–Kier alpha value is -3.12. The van der Waals surface area contributed by atoms with Gasteiger partial charge in [-0.2, -0.15) is 4.98 Å². The van der Waals surface area contributed by atoms with Gasteiger partial charge < -0.3 is 14.7 Å². The van der Waals surface area contributed by atoms with Gasteiger partial charge in [0, 0.05) is 50.4 Å². The van der Waals surface area contributed by atoms with E-state index in [9.17, 15) is 13.2 Å². The molecule has 0 unspecified atom stereocenters. The van der Waals surface area contributed by atoms with Gasteiger partial charge in [0.05, 0.1) is 11.4 Å². The van der Waals surface area contributed by atoms with E-state index in [4.69, 9.17) is 9.66 Å². The number of benzene rings is 2. The Bertz CT molecular complexity index is 1220. The number of amides is 1. The molecule has 1 saturated heterocycles. The summed E-state index contributed by atoms with van der Waals surface area (Å²) in [6.45, 7) is 6.66. The van der Waals surface area contributed by atoms with E-state index >= 15 is 0 Å². The summed E-state index contributed by atoms with van der Waals surface area (Å²) in [5, 5.41) is 12.0. The van der Waals surface area contributed by atoms with Crippen LogP contribution in [0.15, 0.2) is 57.9 Å². The van der Waals surface area contributed by atoms with Crippen molar-refractivity contribution in [1.82, 2.24) is 19.9 Å². The molecule has 180 valence electrons. The van der Waals surface area contributed by atoms with E-state index < -0.39 is 10.0 Å². The first-order chi connectivity index (χ1) is 16.3. The molecule has 0 aliphatic carbocycles. The minimum absolute atomic E-state index is 0.00951. The third-order valence-corrected chi connectivity index (χ3v) is 6.65. The van der Waals surface area contributed by atoms with Gasteiger partial charge in [0.25, 0.3) is 0 Å². The third-order valence-electron chi connectivity index (χ3n) is 5.72. The summed E-state index contributed by atoms with van der Waals surface area (Å²) in [4.78, 5) is 21.3. The highest BCUT2D eigenvalue weighted by atomic mass is 32.2. The van der Waals surface area contributed by atoms with Gasteiger partial charge in [-0.25, -0.2) is 13.6 Å². The number of nitrogens with one attached hydrogen (secondary N) is 1. The summed E-state index contributed by atoms with van der Waals surface area (Å²) in [7, 11) is -3.75. The van der Waals surface area contributed by atoms with Crippen LogP contribution in [0, 0.1) is 6.92 Å². The Morgan fingerprint density at radius 2 is 1.68 bits per heavy atom. The van der Waals surface area contributed by atoms with Gasteiger partial charge in [-0.3, -0.25) is 9.69 Å². The Balaban J connectivity index is 1.19. The topological polar surface area (TPSA) is 135 Å². The second kappa shape index (κ2) is 10.4. The predicted octanol–water partition coefficient (Wildman–Crippen LogP) is 1.84. The van der Waals surface area contributed by atoms with Gasteiger partial charge in [0.1, 0.15) is 0 Å². The van der Waals surface area contributed by atoms with Crippen LogP contribution in [0.25, 0.3) is 11.4 Å². The van der Waals surface area contributed by atoms with E-state index in [-0.39, 0.29) is 10.8 Å². The Labute approximate surface area is 198 Å². The molecule has 10 nitrogen and oxygen atoms in total. The molecule has 0 saturated carbocycles. The Morgan fingerprint density at radius 3 is 2.32 bits per heavy atom. The van der Waals surface area contributed by atoms with Crippen LogP contribution in [-0.4, -0.2) is 67.0 Å². The first-order valence-corrected chi connectivity index (χ1v) is 12.6. The highest BCUT2D eigenvalue weighted by molar-refractivity contribution is 7.89. The smallest absolute Gasteiger partial charge is 0.241 e. The van der Waals surface area contributed by atoms with Crippen molar-refractivity contribution >= 4 is 21.6 Å². The number of hydrogen-bond donors (Lipinski definition) is 2. The van der Waals surface area contributed by atoms with Crippen molar-refractivity contribution in [1.29, 1.82) is 0 Å². The highest BCUT2D eigenvalue weighted by Gasteiger charge is 2.20. The average molecular weight is 485 g/mol. The van der Waals surface area contributed by atoms with Crippen molar-refractivity contribution < 1.29 is 17.7 Å². The number of carbonyl (C=O) groups excluding carboxylic acids is 1. The number of nitrogens with zero attached hydrogens (tertiary/aromatic N) is 4. The summed E-state index contributed by atoms with van der Waals surface area (Å²) in [6.07, 6.45) is 0.348. The van der Waals surface area contributed by atoms with Crippen LogP contribution in [0.1, 0.15) is 17.9 Å². The average Bonchev–Trinajstić information content (AvgIpc) is 3.27. The number of rotatable bonds is 8. The summed E-state index contributed by atoms with van der Waals surface area (Å²) in [6, 6.07) is 13.8. The zero-order valence-electron chi connectivity index (χ0n) is 19.0. The van der Waals surface area contributed by atoms with Crippen molar-refractivity contribution in [3.05, 3.63) is 60.0 Å². The van der Waals surface area contributed by atoms with Crippen LogP contribution in [-0.2, 0) is 21.4 Å². The lowest BCUT2D eigenvalue weighted by atomic mass is 10.1. The van der Waals surface area contributed by atoms with Gasteiger partial charge in [-0.15, -0.1) is 0 Å². The van der Waals surface area contributed by atoms with Gasteiger partial charge >= 0.3 is 0 Å². The number of sulfonamides is 1. The van der Waals surface area contributed by atoms with Crippen molar-refractivity contribution in [2.24, 2.45) is 5.14 Å². The lowest BCUT2D eigenvalue weighted by molar-refractivity contribution is -0.116. The van der Waals surface area contributed by atoms with E-state index in [1.807, 2.05) is 31.2 Å². The van der Waals surface area contributed by atoms with E-state index in [2.05, 4.69) is 25.3 Å². The first kappa shape index (κ1) is 24.0. The molecule has 2 heterocycles. The van der Waals surface area contributed by atoms with Gasteiger partial charge in [-0.1, -0.05) is 35.0 Å². The standard InChI is InChI=1S/C23H28N6O4S/c1-17-2-4-18(5-3-17)23-26-22(33-27-23)16-29-14-12-28(13-15-29)11-10-21(30)25-19-6-8-20(9-7-19)34(24,31)32/h2-9H,10-16H2,1H3,(H,25,30)(H2,24,31,32). The van der Waals surface area contributed by atoms with Crippen molar-refractivity contribution in [3.8, 4) is 11.4 Å². The number of aromatic nitrogens is 2. The van der Waals surface area contributed by atoms with E-state index in [0.717, 1.165) is 31.7 Å². The van der Waals surface area contributed by atoms with Gasteiger partial charge in [0.15, 0.2) is 0 Å². The number of anilines is 1. The number of piperazine rings is 1. The van der Waals surface area contributed by atoms with Crippen LogP contribution < -0.4 is 10.5 Å². The maximum Gasteiger partial charge on any atom is 0.241 e. The maximum atomic E-state index is 12.3. The highest BCUT2D eigenvalue weighted by Crippen LogP contribution is 2.18. The zero-order chi connectivity index (χ0) is 24.1. The monoisotopic (exact) mass is 484 g/mol. The molecule has 0 spiro atoms. The number of nitrogens with two attached hydrogens (primary N) is 1. The Kier molecular flexibility index (Phi) is 7.37. The second-order valence-corrected chi connectivity index (χ2v) is 9.92. The van der Waals surface area contributed by atoms with Crippen LogP contribution in [0.5, 0.6) is 0 Å². The van der Waals surface area contributed by atoms with Gasteiger partial charge in [0.2, 0.25) is 27.6 Å². The molecule has 1 fully saturated rings. The van der Waals surface area contributed by atoms with Crippen LogP contribution in [0.4, 0.5) is 5.69 Å².